The molecule has 0 saturated carbocycles. The van der Waals surface area contributed by atoms with E-state index in [-0.39, 0.29) is 18.1 Å². The third-order valence-electron chi connectivity index (χ3n) is 2.25. The number of aliphatic hydroxyl groups is 1. The largest absolute Gasteiger partial charge is 0.396 e. The first kappa shape index (κ1) is 12.0. The number of hydrogen-bond acceptors (Lipinski definition) is 1. The van der Waals surface area contributed by atoms with Gasteiger partial charge in [0.2, 0.25) is 0 Å². The number of benzene rings is 1. The Bertz CT molecular complexity index is 320. The van der Waals surface area contributed by atoms with E-state index in [2.05, 4.69) is 0 Å². The normalized spacial score (nSPS) is 13.9. The highest BCUT2D eigenvalue weighted by molar-refractivity contribution is 5.30. The molecule has 0 aliphatic rings. The first-order chi connectivity index (χ1) is 6.94. The number of hydrogen-bond donors (Lipinski definition) is 1. The molecule has 1 nitrogen and oxygen atoms in total. The Balaban J connectivity index is 2.96. The molecule has 15 heavy (non-hydrogen) atoms. The quantitative estimate of drug-likeness (QED) is 0.827. The summed E-state index contributed by atoms with van der Waals surface area (Å²) in [5, 5.41) is 8.93. The second-order valence-corrected chi connectivity index (χ2v) is 3.57. The highest BCUT2D eigenvalue weighted by Gasteiger charge is 2.29. The van der Waals surface area contributed by atoms with Crippen LogP contribution in [0.5, 0.6) is 0 Å². The van der Waals surface area contributed by atoms with E-state index in [0.29, 0.717) is 5.56 Å². The van der Waals surface area contributed by atoms with Gasteiger partial charge in [-0.3, -0.25) is 0 Å². The Hall–Kier alpha value is -1.03. The predicted octanol–water partition coefficient (Wildman–Crippen LogP) is 2.89. The molecule has 1 aromatic carbocycles. The van der Waals surface area contributed by atoms with Crippen molar-refractivity contribution in [2.75, 3.05) is 6.61 Å². The number of alkyl halides is 3. The molecule has 0 aliphatic carbocycles. The highest BCUT2D eigenvalue weighted by atomic mass is 19.4. The molecule has 0 fully saturated rings. The van der Waals surface area contributed by atoms with Crippen LogP contribution in [0.4, 0.5) is 13.2 Å². The summed E-state index contributed by atoms with van der Waals surface area (Å²) in [6.07, 6.45) is -5.14. The van der Waals surface area contributed by atoms with E-state index in [0.717, 1.165) is 0 Å². The topological polar surface area (TPSA) is 20.2 Å². The molecular weight excluding hydrogens is 205 g/mol. The van der Waals surface area contributed by atoms with Gasteiger partial charge in [-0.05, 0) is 11.1 Å². The lowest BCUT2D eigenvalue weighted by Gasteiger charge is -2.15. The molecule has 0 aromatic heterocycles. The van der Waals surface area contributed by atoms with Crippen LogP contribution >= 0.6 is 0 Å². The van der Waals surface area contributed by atoms with Crippen LogP contribution in [0.25, 0.3) is 0 Å². The van der Waals surface area contributed by atoms with Gasteiger partial charge in [0, 0.05) is 12.5 Å². The van der Waals surface area contributed by atoms with Crippen molar-refractivity contribution in [3.05, 3.63) is 35.4 Å². The molecule has 84 valence electrons. The number of aliphatic hydroxyl groups excluding tert-OH is 1. The maximum atomic E-state index is 12.2. The highest BCUT2D eigenvalue weighted by Crippen LogP contribution is 2.26. The summed E-state index contributed by atoms with van der Waals surface area (Å²) < 4.78 is 36.7. The zero-order valence-electron chi connectivity index (χ0n) is 8.38. The minimum Gasteiger partial charge on any atom is -0.396 e. The maximum absolute atomic E-state index is 12.2. The molecule has 1 N–H and O–H groups in total. The van der Waals surface area contributed by atoms with Crippen molar-refractivity contribution in [3.63, 3.8) is 0 Å². The molecule has 0 amide bonds. The van der Waals surface area contributed by atoms with Gasteiger partial charge in [0.05, 0.1) is 6.42 Å². The smallest absolute Gasteiger partial charge is 0.393 e. The van der Waals surface area contributed by atoms with E-state index < -0.39 is 12.6 Å². The van der Waals surface area contributed by atoms with E-state index in [9.17, 15) is 13.2 Å². The molecular formula is C11H13F3O. The minimum absolute atomic E-state index is 0.144. The zero-order valence-corrected chi connectivity index (χ0v) is 8.38. The Morgan fingerprint density at radius 1 is 1.27 bits per heavy atom. The third kappa shape index (κ3) is 3.55. The molecule has 0 spiro atoms. The molecule has 1 atom stereocenters. The summed E-state index contributed by atoms with van der Waals surface area (Å²) in [6, 6.07) is 6.34. The van der Waals surface area contributed by atoms with Crippen LogP contribution < -0.4 is 0 Å². The van der Waals surface area contributed by atoms with Crippen LogP contribution in [0.1, 0.15) is 24.0 Å². The fourth-order valence-corrected chi connectivity index (χ4v) is 1.49. The second kappa shape index (κ2) is 4.66. The van der Waals surface area contributed by atoms with Gasteiger partial charge >= 0.3 is 6.18 Å². The molecule has 0 radical (unpaired) electrons. The van der Waals surface area contributed by atoms with Crippen molar-refractivity contribution < 1.29 is 18.3 Å². The summed E-state index contributed by atoms with van der Waals surface area (Å²) in [4.78, 5) is 0. The summed E-state index contributed by atoms with van der Waals surface area (Å²) in [5.41, 5.74) is 0.809. The van der Waals surface area contributed by atoms with Gasteiger partial charge < -0.3 is 5.11 Å². The fourth-order valence-electron chi connectivity index (χ4n) is 1.49. The Morgan fingerprint density at radius 3 is 2.40 bits per heavy atom. The Morgan fingerprint density at radius 2 is 1.87 bits per heavy atom. The molecule has 0 saturated heterocycles. The van der Waals surface area contributed by atoms with Gasteiger partial charge in [0.15, 0.2) is 0 Å². The number of rotatable bonds is 3. The summed E-state index contributed by atoms with van der Waals surface area (Å²) >= 11 is 0. The van der Waals surface area contributed by atoms with Crippen LogP contribution in [-0.4, -0.2) is 17.9 Å². The maximum Gasteiger partial charge on any atom is 0.393 e. The molecule has 1 aromatic rings. The molecule has 1 unspecified atom stereocenters. The lowest BCUT2D eigenvalue weighted by atomic mass is 9.94. The molecule has 4 heteroatoms. The first-order valence-electron chi connectivity index (χ1n) is 4.69. The Kier molecular flexibility index (Phi) is 3.74. The van der Waals surface area contributed by atoms with Gasteiger partial charge in [-0.2, -0.15) is 13.2 Å². The van der Waals surface area contributed by atoms with Crippen molar-refractivity contribution in [1.29, 1.82) is 0 Å². The van der Waals surface area contributed by atoms with E-state index >= 15 is 0 Å². The Labute approximate surface area is 86.5 Å². The summed E-state index contributed by atoms with van der Waals surface area (Å²) in [7, 11) is 0. The summed E-state index contributed by atoms with van der Waals surface area (Å²) in [5.74, 6) is -0.261. The van der Waals surface area contributed by atoms with Crippen molar-refractivity contribution in [1.82, 2.24) is 0 Å². The van der Waals surface area contributed by atoms with Gasteiger partial charge in [0.25, 0.3) is 0 Å². The van der Waals surface area contributed by atoms with Crippen molar-refractivity contribution in [2.45, 2.75) is 25.4 Å². The van der Waals surface area contributed by atoms with Crippen molar-refractivity contribution in [2.24, 2.45) is 0 Å². The van der Waals surface area contributed by atoms with Crippen LogP contribution in [-0.2, 0) is 6.42 Å². The van der Waals surface area contributed by atoms with Crippen molar-refractivity contribution in [3.8, 4) is 0 Å². The fraction of sp³-hybridized carbons (Fsp3) is 0.455. The van der Waals surface area contributed by atoms with Gasteiger partial charge in [0.1, 0.15) is 0 Å². The monoisotopic (exact) mass is 218 g/mol. The lowest BCUT2D eigenvalue weighted by Crippen LogP contribution is -2.14. The molecule has 0 heterocycles. The average molecular weight is 218 g/mol. The first-order valence-corrected chi connectivity index (χ1v) is 4.69. The lowest BCUT2D eigenvalue weighted by molar-refractivity contribution is -0.127. The van der Waals surface area contributed by atoms with Crippen molar-refractivity contribution >= 4 is 0 Å². The molecule has 0 aliphatic heterocycles. The third-order valence-corrected chi connectivity index (χ3v) is 2.25. The summed E-state index contributed by atoms with van der Waals surface area (Å²) in [6.45, 7) is 1.56. The van der Waals surface area contributed by atoms with E-state index in [1.54, 1.807) is 25.1 Å². The zero-order chi connectivity index (χ0) is 11.5. The van der Waals surface area contributed by atoms with Crippen LogP contribution in [0.3, 0.4) is 0 Å². The average Bonchev–Trinajstić information content (AvgIpc) is 2.15. The van der Waals surface area contributed by atoms with E-state index in [1.165, 1.54) is 6.07 Å². The molecule has 0 bridgehead atoms. The van der Waals surface area contributed by atoms with E-state index in [1.807, 2.05) is 0 Å². The number of halogens is 3. The van der Waals surface area contributed by atoms with Crippen LogP contribution in [0.2, 0.25) is 0 Å². The second-order valence-electron chi connectivity index (χ2n) is 3.57. The van der Waals surface area contributed by atoms with E-state index in [4.69, 9.17) is 5.11 Å². The van der Waals surface area contributed by atoms with Gasteiger partial charge in [-0.1, -0.05) is 31.2 Å². The SMILES string of the molecule is CC(CO)c1ccccc1CC(F)(F)F. The van der Waals surface area contributed by atoms with Crippen LogP contribution in [0.15, 0.2) is 24.3 Å². The molecule has 1 rings (SSSR count). The van der Waals surface area contributed by atoms with Crippen LogP contribution in [0, 0.1) is 0 Å². The van der Waals surface area contributed by atoms with Gasteiger partial charge in [-0.25, -0.2) is 0 Å². The minimum atomic E-state index is -4.20. The predicted molar refractivity (Wildman–Crippen MR) is 51.7 cm³/mol. The van der Waals surface area contributed by atoms with Gasteiger partial charge in [-0.15, -0.1) is 0 Å². The standard InChI is InChI=1S/C11H13F3O/c1-8(7-15)10-5-3-2-4-9(10)6-11(12,13)14/h2-5,8,15H,6-7H2,1H3.